The molecule has 0 saturated heterocycles. The zero-order chi connectivity index (χ0) is 23.5. The second-order valence-corrected chi connectivity index (χ2v) is 7.99. The third-order valence-electron chi connectivity index (χ3n) is 5.58. The van der Waals surface area contributed by atoms with E-state index in [-0.39, 0.29) is 11.8 Å². The smallest absolute Gasteiger partial charge is 0.243 e. The Bertz CT molecular complexity index is 1020. The SMILES string of the molecule is CCCC(=O)N(Cc1ccccc1)[C@H](Cc1ccccc1)C(=O)NCc1ccccc1OC. The van der Waals surface area contributed by atoms with Crippen LogP contribution < -0.4 is 10.1 Å². The summed E-state index contributed by atoms with van der Waals surface area (Å²) in [5, 5.41) is 3.04. The molecule has 0 bridgehead atoms. The molecule has 3 aromatic rings. The number of carbonyl (C=O) groups excluding carboxylic acids is 2. The molecule has 0 saturated carbocycles. The number of nitrogens with zero attached hydrogens (tertiary/aromatic N) is 1. The van der Waals surface area contributed by atoms with Crippen LogP contribution in [0.2, 0.25) is 0 Å². The highest BCUT2D eigenvalue weighted by Crippen LogP contribution is 2.19. The van der Waals surface area contributed by atoms with Crippen molar-refractivity contribution < 1.29 is 14.3 Å². The molecule has 0 radical (unpaired) electrons. The fraction of sp³-hybridized carbons (Fsp3) is 0.286. The molecule has 0 spiro atoms. The third kappa shape index (κ3) is 6.94. The monoisotopic (exact) mass is 444 g/mol. The Hall–Kier alpha value is -3.60. The van der Waals surface area contributed by atoms with Crippen LogP contribution in [0.15, 0.2) is 84.9 Å². The van der Waals surface area contributed by atoms with E-state index in [1.165, 1.54) is 0 Å². The van der Waals surface area contributed by atoms with Gasteiger partial charge in [-0.15, -0.1) is 0 Å². The van der Waals surface area contributed by atoms with Gasteiger partial charge in [0.15, 0.2) is 0 Å². The van der Waals surface area contributed by atoms with E-state index in [9.17, 15) is 9.59 Å². The normalized spacial score (nSPS) is 11.5. The zero-order valence-electron chi connectivity index (χ0n) is 19.4. The lowest BCUT2D eigenvalue weighted by molar-refractivity contribution is -0.141. The Morgan fingerprint density at radius 1 is 0.879 bits per heavy atom. The van der Waals surface area contributed by atoms with Gasteiger partial charge >= 0.3 is 0 Å². The molecule has 172 valence electrons. The van der Waals surface area contributed by atoms with Crippen molar-refractivity contribution >= 4 is 11.8 Å². The van der Waals surface area contributed by atoms with Crippen LogP contribution in [0.4, 0.5) is 0 Å². The highest BCUT2D eigenvalue weighted by molar-refractivity contribution is 5.88. The minimum Gasteiger partial charge on any atom is -0.496 e. The second-order valence-electron chi connectivity index (χ2n) is 7.99. The van der Waals surface area contributed by atoms with Gasteiger partial charge in [0.05, 0.1) is 7.11 Å². The summed E-state index contributed by atoms with van der Waals surface area (Å²) in [7, 11) is 1.61. The molecule has 0 aromatic heterocycles. The zero-order valence-corrected chi connectivity index (χ0v) is 19.4. The van der Waals surface area contributed by atoms with Gasteiger partial charge in [0.25, 0.3) is 0 Å². The molecule has 0 aliphatic heterocycles. The van der Waals surface area contributed by atoms with Crippen LogP contribution in [0.1, 0.15) is 36.5 Å². The van der Waals surface area contributed by atoms with Crippen LogP contribution in [0.5, 0.6) is 5.75 Å². The summed E-state index contributed by atoms with van der Waals surface area (Å²) >= 11 is 0. The van der Waals surface area contributed by atoms with Crippen molar-refractivity contribution in [2.45, 2.75) is 45.3 Å². The van der Waals surface area contributed by atoms with Crippen molar-refractivity contribution in [3.05, 3.63) is 102 Å². The first-order valence-electron chi connectivity index (χ1n) is 11.4. The number of amides is 2. The van der Waals surface area contributed by atoms with Crippen LogP contribution in [0, 0.1) is 0 Å². The van der Waals surface area contributed by atoms with Gasteiger partial charge in [0, 0.05) is 31.5 Å². The van der Waals surface area contributed by atoms with E-state index in [0.717, 1.165) is 28.9 Å². The van der Waals surface area contributed by atoms with Crippen LogP contribution in [0.25, 0.3) is 0 Å². The summed E-state index contributed by atoms with van der Waals surface area (Å²) in [5.41, 5.74) is 2.90. The van der Waals surface area contributed by atoms with E-state index in [1.807, 2.05) is 91.9 Å². The number of hydrogen-bond acceptors (Lipinski definition) is 3. The van der Waals surface area contributed by atoms with Crippen molar-refractivity contribution in [3.63, 3.8) is 0 Å². The Labute approximate surface area is 196 Å². The van der Waals surface area contributed by atoms with Gasteiger partial charge in [0.1, 0.15) is 11.8 Å². The maximum atomic E-state index is 13.5. The molecular formula is C28H32N2O3. The van der Waals surface area contributed by atoms with Gasteiger partial charge in [-0.1, -0.05) is 85.8 Å². The Morgan fingerprint density at radius 2 is 1.48 bits per heavy atom. The van der Waals surface area contributed by atoms with Crippen molar-refractivity contribution in [1.82, 2.24) is 10.2 Å². The van der Waals surface area contributed by atoms with Crippen molar-refractivity contribution in [1.29, 1.82) is 0 Å². The van der Waals surface area contributed by atoms with Gasteiger partial charge in [-0.3, -0.25) is 9.59 Å². The number of methoxy groups -OCH3 is 1. The highest BCUT2D eigenvalue weighted by atomic mass is 16.5. The first kappa shape index (κ1) is 24.1. The minimum atomic E-state index is -0.624. The largest absolute Gasteiger partial charge is 0.496 e. The third-order valence-corrected chi connectivity index (χ3v) is 5.58. The second kappa shape index (κ2) is 12.4. The lowest BCUT2D eigenvalue weighted by atomic mass is 10.0. The number of rotatable bonds is 11. The van der Waals surface area contributed by atoms with Gasteiger partial charge in [0.2, 0.25) is 11.8 Å². The topological polar surface area (TPSA) is 58.6 Å². The summed E-state index contributed by atoms with van der Waals surface area (Å²) in [6.07, 6.45) is 1.57. The number of ether oxygens (including phenoxy) is 1. The summed E-state index contributed by atoms with van der Waals surface area (Å²) in [6.45, 7) is 2.70. The predicted octanol–water partition coefficient (Wildman–Crippen LogP) is 4.75. The molecule has 1 atom stereocenters. The molecule has 1 N–H and O–H groups in total. The summed E-state index contributed by atoms with van der Waals surface area (Å²) < 4.78 is 5.41. The van der Waals surface area contributed by atoms with Gasteiger partial charge < -0.3 is 15.0 Å². The number of benzene rings is 3. The quantitative estimate of drug-likeness (QED) is 0.464. The molecular weight excluding hydrogens is 412 g/mol. The molecule has 0 fully saturated rings. The van der Waals surface area contributed by atoms with Crippen LogP contribution in [-0.4, -0.2) is 29.9 Å². The summed E-state index contributed by atoms with van der Waals surface area (Å²) in [5.74, 6) is 0.528. The number of nitrogens with one attached hydrogen (secondary N) is 1. The van der Waals surface area contributed by atoms with E-state index in [0.29, 0.717) is 25.9 Å². The highest BCUT2D eigenvalue weighted by Gasteiger charge is 2.30. The van der Waals surface area contributed by atoms with Crippen LogP contribution in [0.3, 0.4) is 0 Å². The average molecular weight is 445 g/mol. The van der Waals surface area contributed by atoms with E-state index in [4.69, 9.17) is 4.74 Å². The first-order valence-corrected chi connectivity index (χ1v) is 11.4. The minimum absolute atomic E-state index is 0.0188. The number of para-hydroxylation sites is 1. The standard InChI is InChI=1S/C28H32N2O3/c1-3-12-27(31)30(21-23-15-8-5-9-16-23)25(19-22-13-6-4-7-14-22)28(32)29-20-24-17-10-11-18-26(24)33-2/h4-11,13-18,25H,3,12,19-21H2,1-2H3,(H,29,32)/t25-/m1/s1. The Kier molecular flexibility index (Phi) is 9.07. The molecule has 0 unspecified atom stereocenters. The van der Waals surface area contributed by atoms with Crippen molar-refractivity contribution in [2.75, 3.05) is 7.11 Å². The van der Waals surface area contributed by atoms with Gasteiger partial charge in [-0.05, 0) is 23.6 Å². The lowest BCUT2D eigenvalue weighted by Gasteiger charge is -2.31. The molecule has 5 heteroatoms. The maximum Gasteiger partial charge on any atom is 0.243 e. The van der Waals surface area contributed by atoms with Crippen molar-refractivity contribution in [2.24, 2.45) is 0 Å². The molecule has 5 nitrogen and oxygen atoms in total. The molecule has 0 aliphatic carbocycles. The first-order chi connectivity index (χ1) is 16.1. The Morgan fingerprint density at radius 3 is 2.12 bits per heavy atom. The molecule has 3 aromatic carbocycles. The van der Waals surface area contributed by atoms with Crippen molar-refractivity contribution in [3.8, 4) is 5.75 Å². The number of carbonyl (C=O) groups is 2. The van der Waals surface area contributed by atoms with E-state index < -0.39 is 6.04 Å². The summed E-state index contributed by atoms with van der Waals surface area (Å²) in [6, 6.07) is 26.6. The van der Waals surface area contributed by atoms with Gasteiger partial charge in [-0.25, -0.2) is 0 Å². The molecule has 0 aliphatic rings. The van der Waals surface area contributed by atoms with Gasteiger partial charge in [-0.2, -0.15) is 0 Å². The molecule has 3 rings (SSSR count). The van der Waals surface area contributed by atoms with E-state index in [1.54, 1.807) is 12.0 Å². The lowest BCUT2D eigenvalue weighted by Crippen LogP contribution is -2.50. The number of hydrogen-bond donors (Lipinski definition) is 1. The molecule has 2 amide bonds. The Balaban J connectivity index is 1.87. The molecule has 33 heavy (non-hydrogen) atoms. The fourth-order valence-electron chi connectivity index (χ4n) is 3.84. The predicted molar refractivity (Wildman–Crippen MR) is 131 cm³/mol. The maximum absolute atomic E-state index is 13.5. The average Bonchev–Trinajstić information content (AvgIpc) is 2.86. The fourth-order valence-corrected chi connectivity index (χ4v) is 3.84. The summed E-state index contributed by atoms with van der Waals surface area (Å²) in [4.78, 5) is 28.4. The van der Waals surface area contributed by atoms with E-state index in [2.05, 4.69) is 5.32 Å². The molecule has 0 heterocycles. The van der Waals surface area contributed by atoms with E-state index >= 15 is 0 Å². The van der Waals surface area contributed by atoms with Crippen LogP contribution >= 0.6 is 0 Å². The van der Waals surface area contributed by atoms with Crippen LogP contribution in [-0.2, 0) is 29.1 Å².